The van der Waals surface area contributed by atoms with Crippen LogP contribution < -0.4 is 5.73 Å². The van der Waals surface area contributed by atoms with E-state index < -0.39 is 10.0 Å². The molecule has 0 spiro atoms. The van der Waals surface area contributed by atoms with Gasteiger partial charge in [0, 0.05) is 36.0 Å². The Kier molecular flexibility index (Phi) is 4.86. The quantitative estimate of drug-likeness (QED) is 0.913. The molecule has 0 amide bonds. The van der Waals surface area contributed by atoms with Gasteiger partial charge < -0.3 is 10.5 Å². The maximum Gasteiger partial charge on any atom is 0.244 e. The van der Waals surface area contributed by atoms with Gasteiger partial charge in [-0.15, -0.1) is 11.3 Å². The number of rotatable bonds is 4. The average molecular weight is 318 g/mol. The van der Waals surface area contributed by atoms with Crippen LogP contribution in [0.15, 0.2) is 11.0 Å². The summed E-state index contributed by atoms with van der Waals surface area (Å²) in [7, 11) is -1.80. The number of hydrogen-bond acceptors (Lipinski definition) is 5. The molecule has 0 bridgehead atoms. The molecule has 1 aromatic heterocycles. The second-order valence-electron chi connectivity index (χ2n) is 5.16. The first kappa shape index (κ1) is 15.9. The third-order valence-electron chi connectivity index (χ3n) is 3.80. The predicted molar refractivity (Wildman–Crippen MR) is 80.6 cm³/mol. The predicted octanol–water partition coefficient (Wildman–Crippen LogP) is 1.49. The third-order valence-corrected chi connectivity index (χ3v) is 6.97. The number of sulfonamides is 1. The standard InChI is InChI=1S/C13H22N2O3S2/c1-9-6-13(10(2)19-9)20(16,17)15-5-4-12(18-3)7-11(15)8-14/h6,11-12H,4-5,7-8,14H2,1-3H3. The Morgan fingerprint density at radius 1 is 1.50 bits per heavy atom. The van der Waals surface area contributed by atoms with Crippen molar-refractivity contribution in [2.24, 2.45) is 5.73 Å². The second kappa shape index (κ2) is 6.11. The van der Waals surface area contributed by atoms with Gasteiger partial charge in [-0.2, -0.15) is 4.31 Å². The zero-order valence-corrected chi connectivity index (χ0v) is 13.8. The summed E-state index contributed by atoms with van der Waals surface area (Å²) >= 11 is 1.51. The zero-order chi connectivity index (χ0) is 14.9. The first-order chi connectivity index (χ1) is 9.40. The Labute approximate surface area is 124 Å². The van der Waals surface area contributed by atoms with E-state index in [2.05, 4.69) is 0 Å². The van der Waals surface area contributed by atoms with Crippen LogP contribution in [0.2, 0.25) is 0 Å². The SMILES string of the molecule is COC1CCN(S(=O)(=O)c2cc(C)sc2C)C(CN)C1. The van der Waals surface area contributed by atoms with Crippen molar-refractivity contribution in [2.75, 3.05) is 20.2 Å². The molecule has 1 fully saturated rings. The van der Waals surface area contributed by atoms with Crippen LogP contribution in [-0.2, 0) is 14.8 Å². The number of aryl methyl sites for hydroxylation is 2. The summed E-state index contributed by atoms with van der Waals surface area (Å²) in [5.74, 6) is 0. The summed E-state index contributed by atoms with van der Waals surface area (Å²) in [4.78, 5) is 2.28. The molecule has 2 N–H and O–H groups in total. The van der Waals surface area contributed by atoms with Gasteiger partial charge in [0.15, 0.2) is 0 Å². The van der Waals surface area contributed by atoms with Gasteiger partial charge in [0.2, 0.25) is 10.0 Å². The van der Waals surface area contributed by atoms with Gasteiger partial charge >= 0.3 is 0 Å². The molecule has 2 heterocycles. The van der Waals surface area contributed by atoms with Crippen molar-refractivity contribution in [2.45, 2.75) is 43.7 Å². The summed E-state index contributed by atoms with van der Waals surface area (Å²) < 4.78 is 32.5. The summed E-state index contributed by atoms with van der Waals surface area (Å²) in [6.07, 6.45) is 1.48. The minimum atomic E-state index is -3.46. The normalized spacial score (nSPS) is 25.0. The third kappa shape index (κ3) is 2.92. The lowest BCUT2D eigenvalue weighted by Gasteiger charge is -2.37. The molecule has 0 radical (unpaired) electrons. The molecule has 5 nitrogen and oxygen atoms in total. The number of piperidine rings is 1. The van der Waals surface area contributed by atoms with Crippen molar-refractivity contribution < 1.29 is 13.2 Å². The molecular weight excluding hydrogens is 296 g/mol. The smallest absolute Gasteiger partial charge is 0.244 e. The largest absolute Gasteiger partial charge is 0.381 e. The van der Waals surface area contributed by atoms with E-state index in [1.165, 1.54) is 11.3 Å². The van der Waals surface area contributed by atoms with Crippen LogP contribution in [-0.4, -0.2) is 45.1 Å². The molecule has 20 heavy (non-hydrogen) atoms. The van der Waals surface area contributed by atoms with Crippen molar-refractivity contribution in [1.29, 1.82) is 0 Å². The van der Waals surface area contributed by atoms with Crippen LogP contribution >= 0.6 is 11.3 Å². The summed E-state index contributed by atoms with van der Waals surface area (Å²) in [5, 5.41) is 0. The van der Waals surface area contributed by atoms with Crippen molar-refractivity contribution in [3.8, 4) is 0 Å². The van der Waals surface area contributed by atoms with E-state index in [1.807, 2.05) is 13.8 Å². The van der Waals surface area contributed by atoms with E-state index >= 15 is 0 Å². The van der Waals surface area contributed by atoms with Crippen LogP contribution in [0.4, 0.5) is 0 Å². The Morgan fingerprint density at radius 3 is 2.70 bits per heavy atom. The van der Waals surface area contributed by atoms with Crippen molar-refractivity contribution in [3.05, 3.63) is 15.8 Å². The number of nitrogens with zero attached hydrogens (tertiary/aromatic N) is 1. The summed E-state index contributed by atoms with van der Waals surface area (Å²) in [5.41, 5.74) is 5.77. The number of nitrogens with two attached hydrogens (primary N) is 1. The highest BCUT2D eigenvalue weighted by Gasteiger charge is 2.37. The molecule has 1 saturated heterocycles. The van der Waals surface area contributed by atoms with E-state index in [0.717, 1.165) is 9.75 Å². The lowest BCUT2D eigenvalue weighted by Crippen LogP contribution is -2.51. The molecule has 0 aromatic carbocycles. The van der Waals surface area contributed by atoms with E-state index in [9.17, 15) is 8.42 Å². The summed E-state index contributed by atoms with van der Waals surface area (Å²) in [6, 6.07) is 1.57. The molecule has 2 unspecified atom stereocenters. The average Bonchev–Trinajstić information content (AvgIpc) is 2.77. The Morgan fingerprint density at radius 2 is 2.20 bits per heavy atom. The van der Waals surface area contributed by atoms with Gasteiger partial charge in [-0.25, -0.2) is 8.42 Å². The number of thiophene rings is 1. The number of methoxy groups -OCH3 is 1. The lowest BCUT2D eigenvalue weighted by atomic mass is 10.0. The Hall–Kier alpha value is -0.470. The van der Waals surface area contributed by atoms with Crippen molar-refractivity contribution in [3.63, 3.8) is 0 Å². The molecule has 1 aromatic rings. The van der Waals surface area contributed by atoms with E-state index in [0.29, 0.717) is 30.8 Å². The van der Waals surface area contributed by atoms with E-state index in [4.69, 9.17) is 10.5 Å². The lowest BCUT2D eigenvalue weighted by molar-refractivity contribution is 0.0401. The number of hydrogen-bond donors (Lipinski definition) is 1. The van der Waals surface area contributed by atoms with Crippen LogP contribution in [0.1, 0.15) is 22.6 Å². The van der Waals surface area contributed by atoms with Crippen molar-refractivity contribution in [1.82, 2.24) is 4.31 Å². The van der Waals surface area contributed by atoms with Crippen LogP contribution in [0.25, 0.3) is 0 Å². The maximum atomic E-state index is 12.8. The minimum Gasteiger partial charge on any atom is -0.381 e. The second-order valence-corrected chi connectivity index (χ2v) is 8.48. The molecule has 2 rings (SSSR count). The fourth-order valence-corrected chi connectivity index (χ4v) is 5.91. The highest BCUT2D eigenvalue weighted by Crippen LogP contribution is 2.31. The highest BCUT2D eigenvalue weighted by molar-refractivity contribution is 7.89. The van der Waals surface area contributed by atoms with Gasteiger partial charge in [0.1, 0.15) is 0 Å². The van der Waals surface area contributed by atoms with Crippen molar-refractivity contribution >= 4 is 21.4 Å². The molecule has 0 aliphatic carbocycles. The molecule has 7 heteroatoms. The van der Waals surface area contributed by atoms with Gasteiger partial charge in [0.05, 0.1) is 11.0 Å². The van der Waals surface area contributed by atoms with E-state index in [-0.39, 0.29) is 12.1 Å². The topological polar surface area (TPSA) is 72.6 Å². The number of ether oxygens (including phenoxy) is 1. The summed E-state index contributed by atoms with van der Waals surface area (Å²) in [6.45, 7) is 4.57. The van der Waals surface area contributed by atoms with Gasteiger partial charge in [-0.05, 0) is 32.8 Å². The molecule has 1 aliphatic rings. The Balaban J connectivity index is 2.31. The minimum absolute atomic E-state index is 0.0975. The first-order valence-electron chi connectivity index (χ1n) is 6.72. The van der Waals surface area contributed by atoms with Gasteiger partial charge in [0.25, 0.3) is 0 Å². The monoisotopic (exact) mass is 318 g/mol. The van der Waals surface area contributed by atoms with Crippen LogP contribution in [0, 0.1) is 13.8 Å². The molecule has 114 valence electrons. The fraction of sp³-hybridized carbons (Fsp3) is 0.692. The molecule has 2 atom stereocenters. The van der Waals surface area contributed by atoms with E-state index in [1.54, 1.807) is 17.5 Å². The Bertz CT molecular complexity index is 568. The molecule has 0 saturated carbocycles. The molecular formula is C13H22N2O3S2. The first-order valence-corrected chi connectivity index (χ1v) is 8.97. The van der Waals surface area contributed by atoms with Gasteiger partial charge in [-0.1, -0.05) is 0 Å². The fourth-order valence-electron chi connectivity index (χ4n) is 2.73. The molecule has 1 aliphatic heterocycles. The highest BCUT2D eigenvalue weighted by atomic mass is 32.2. The van der Waals surface area contributed by atoms with Gasteiger partial charge in [-0.3, -0.25) is 0 Å². The van der Waals surface area contributed by atoms with Crippen LogP contribution in [0.5, 0.6) is 0 Å². The maximum absolute atomic E-state index is 12.8. The zero-order valence-electron chi connectivity index (χ0n) is 12.1. The van der Waals surface area contributed by atoms with Crippen LogP contribution in [0.3, 0.4) is 0 Å².